The van der Waals surface area contributed by atoms with Crippen molar-refractivity contribution in [2.75, 3.05) is 49.5 Å². The largest absolute Gasteiger partial charge is 0.397 e. The van der Waals surface area contributed by atoms with Crippen LogP contribution in [-0.2, 0) is 4.79 Å². The van der Waals surface area contributed by atoms with Gasteiger partial charge in [-0.2, -0.15) is 13.2 Å². The Labute approximate surface area is 234 Å². The molecule has 1 atom stereocenters. The first-order valence-corrected chi connectivity index (χ1v) is 13.6. The summed E-state index contributed by atoms with van der Waals surface area (Å²) in [5.74, 6) is 1.23. The SMILES string of the molecule is CC(c1ccnc(Nc2nc3ccc(-c4cc(N5CCC5)ncn4)cc3[nH]2)c1)N1CCN(C(=O)CC(F)(F)F)CC1. The number of piperazine rings is 1. The van der Waals surface area contributed by atoms with Crippen LogP contribution >= 0.6 is 0 Å². The molecule has 41 heavy (non-hydrogen) atoms. The van der Waals surface area contributed by atoms with E-state index in [1.165, 1.54) is 11.3 Å². The van der Waals surface area contributed by atoms with Crippen LogP contribution in [0, 0.1) is 0 Å². The number of carbonyl (C=O) groups is 1. The molecule has 0 saturated carbocycles. The lowest BCUT2D eigenvalue weighted by Gasteiger charge is -2.38. The quantitative estimate of drug-likeness (QED) is 0.337. The summed E-state index contributed by atoms with van der Waals surface area (Å²) in [5, 5.41) is 3.25. The van der Waals surface area contributed by atoms with Gasteiger partial charge in [-0.1, -0.05) is 6.07 Å². The number of rotatable bonds is 7. The Kier molecular flexibility index (Phi) is 7.20. The Morgan fingerprint density at radius 3 is 2.56 bits per heavy atom. The number of alkyl halides is 3. The molecule has 0 spiro atoms. The third-order valence-corrected chi connectivity index (χ3v) is 7.69. The van der Waals surface area contributed by atoms with Crippen molar-refractivity contribution in [3.05, 3.63) is 54.5 Å². The number of aromatic nitrogens is 5. The third-order valence-electron chi connectivity index (χ3n) is 7.69. The van der Waals surface area contributed by atoms with Gasteiger partial charge in [-0.3, -0.25) is 9.69 Å². The van der Waals surface area contributed by atoms with Crippen LogP contribution in [0.25, 0.3) is 22.3 Å². The Morgan fingerprint density at radius 1 is 1.02 bits per heavy atom. The van der Waals surface area contributed by atoms with Crippen LogP contribution in [0.3, 0.4) is 0 Å². The molecule has 1 aromatic carbocycles. The van der Waals surface area contributed by atoms with Gasteiger partial charge in [-0.15, -0.1) is 0 Å². The number of nitrogens with one attached hydrogen (secondary N) is 2. The fraction of sp³-hybridized carbons (Fsp3) is 0.393. The maximum Gasteiger partial charge on any atom is 0.397 e. The van der Waals surface area contributed by atoms with Crippen LogP contribution in [0.1, 0.15) is 31.4 Å². The number of pyridine rings is 1. The predicted molar refractivity (Wildman–Crippen MR) is 149 cm³/mol. The smallest absolute Gasteiger partial charge is 0.356 e. The third kappa shape index (κ3) is 6.09. The van der Waals surface area contributed by atoms with Gasteiger partial charge in [-0.25, -0.2) is 19.9 Å². The number of hydrogen-bond acceptors (Lipinski definition) is 8. The standard InChI is InChI=1S/C28H30F3N9O/c1-18(38-9-11-40(12-10-38)26(41)16-28(29,30)31)19-5-6-32-24(14-19)37-27-35-21-4-3-20(13-23(21)36-27)22-15-25(34-17-33-22)39-7-2-8-39/h3-6,13-15,17-18H,2,7-12,16H2,1H3,(H2,32,35,36,37). The fourth-order valence-corrected chi connectivity index (χ4v) is 5.20. The number of anilines is 3. The summed E-state index contributed by atoms with van der Waals surface area (Å²) in [6, 6.07) is 11.8. The first-order chi connectivity index (χ1) is 19.7. The van der Waals surface area contributed by atoms with Gasteiger partial charge in [-0.05, 0) is 43.2 Å². The van der Waals surface area contributed by atoms with Gasteiger partial charge in [0.1, 0.15) is 24.4 Å². The number of fused-ring (bicyclic) bond motifs is 1. The van der Waals surface area contributed by atoms with Crippen LogP contribution < -0.4 is 10.2 Å². The van der Waals surface area contributed by atoms with E-state index in [2.05, 4.69) is 40.0 Å². The minimum atomic E-state index is -4.49. The summed E-state index contributed by atoms with van der Waals surface area (Å²) < 4.78 is 37.8. The molecule has 4 aromatic rings. The second-order valence-corrected chi connectivity index (χ2v) is 10.4. The molecule has 3 aromatic heterocycles. The number of imidazole rings is 1. The molecule has 2 fully saturated rings. The van der Waals surface area contributed by atoms with Crippen LogP contribution in [0.15, 0.2) is 48.9 Å². The maximum absolute atomic E-state index is 12.6. The van der Waals surface area contributed by atoms with Crippen molar-refractivity contribution in [3.8, 4) is 11.3 Å². The van der Waals surface area contributed by atoms with Crippen LogP contribution in [0.2, 0.25) is 0 Å². The molecule has 0 bridgehead atoms. The van der Waals surface area contributed by atoms with Gasteiger partial charge < -0.3 is 20.1 Å². The molecule has 10 nitrogen and oxygen atoms in total. The Bertz CT molecular complexity index is 1540. The van der Waals surface area contributed by atoms with Gasteiger partial charge in [0.15, 0.2) is 0 Å². The fourth-order valence-electron chi connectivity index (χ4n) is 5.20. The van der Waals surface area contributed by atoms with Gasteiger partial charge in [0.25, 0.3) is 0 Å². The first-order valence-electron chi connectivity index (χ1n) is 13.6. The number of H-pyrrole nitrogens is 1. The molecular formula is C28H30F3N9O. The van der Waals surface area contributed by atoms with Crippen LogP contribution in [0.5, 0.6) is 0 Å². The average molecular weight is 566 g/mol. The van der Waals surface area contributed by atoms with E-state index in [4.69, 9.17) is 0 Å². The van der Waals surface area contributed by atoms with E-state index in [0.717, 1.165) is 46.8 Å². The highest BCUT2D eigenvalue weighted by Gasteiger charge is 2.35. The molecule has 2 N–H and O–H groups in total. The lowest BCUT2D eigenvalue weighted by Crippen LogP contribution is -2.50. The summed E-state index contributed by atoms with van der Waals surface area (Å²) in [5.41, 5.74) is 4.47. The Balaban J connectivity index is 1.11. The van der Waals surface area contributed by atoms with E-state index in [9.17, 15) is 18.0 Å². The van der Waals surface area contributed by atoms with E-state index >= 15 is 0 Å². The summed E-state index contributed by atoms with van der Waals surface area (Å²) in [6.45, 7) is 5.59. The molecule has 1 amide bonds. The number of amides is 1. The van der Waals surface area contributed by atoms with Crippen LogP contribution in [0.4, 0.5) is 30.8 Å². The summed E-state index contributed by atoms with van der Waals surface area (Å²) >= 11 is 0. The van der Waals surface area contributed by atoms with Gasteiger partial charge in [0.2, 0.25) is 11.9 Å². The topological polar surface area (TPSA) is 106 Å². The zero-order chi connectivity index (χ0) is 28.6. The molecule has 5 heterocycles. The van der Waals surface area contributed by atoms with E-state index in [0.29, 0.717) is 24.9 Å². The highest BCUT2D eigenvalue weighted by molar-refractivity contribution is 5.83. The second kappa shape index (κ2) is 11.0. The summed E-state index contributed by atoms with van der Waals surface area (Å²) in [7, 11) is 0. The number of halogens is 3. The molecular weight excluding hydrogens is 535 g/mol. The number of benzene rings is 1. The van der Waals surface area contributed by atoms with E-state index < -0.39 is 18.5 Å². The predicted octanol–water partition coefficient (Wildman–Crippen LogP) is 4.53. The van der Waals surface area contributed by atoms with E-state index in [1.54, 1.807) is 12.5 Å². The molecule has 2 saturated heterocycles. The summed E-state index contributed by atoms with van der Waals surface area (Å²) in [6.07, 6.45) is -1.41. The van der Waals surface area contributed by atoms with Gasteiger partial charge >= 0.3 is 6.18 Å². The normalized spacial score (nSPS) is 17.0. The highest BCUT2D eigenvalue weighted by atomic mass is 19.4. The van der Waals surface area contributed by atoms with Crippen LogP contribution in [-0.4, -0.2) is 86.1 Å². The van der Waals surface area contributed by atoms with Crippen molar-refractivity contribution in [1.29, 1.82) is 0 Å². The Morgan fingerprint density at radius 2 is 1.83 bits per heavy atom. The van der Waals surface area contributed by atoms with E-state index in [-0.39, 0.29) is 19.1 Å². The van der Waals surface area contributed by atoms with Gasteiger partial charge in [0.05, 0.1) is 16.7 Å². The van der Waals surface area contributed by atoms with Gasteiger partial charge in [0, 0.05) is 63.1 Å². The molecule has 6 rings (SSSR count). The number of carbonyl (C=O) groups excluding carboxylic acids is 1. The minimum absolute atomic E-state index is 0.00864. The van der Waals surface area contributed by atoms with Crippen molar-refractivity contribution in [3.63, 3.8) is 0 Å². The minimum Gasteiger partial charge on any atom is -0.356 e. The van der Waals surface area contributed by atoms with Crippen molar-refractivity contribution in [2.24, 2.45) is 0 Å². The molecule has 0 radical (unpaired) electrons. The van der Waals surface area contributed by atoms with Crippen molar-refractivity contribution in [1.82, 2.24) is 34.7 Å². The maximum atomic E-state index is 12.6. The second-order valence-electron chi connectivity index (χ2n) is 10.4. The first kappa shape index (κ1) is 26.9. The lowest BCUT2D eigenvalue weighted by molar-refractivity contribution is -0.162. The van der Waals surface area contributed by atoms with Crippen molar-refractivity contribution < 1.29 is 18.0 Å². The van der Waals surface area contributed by atoms with Crippen molar-refractivity contribution >= 4 is 34.5 Å². The molecule has 1 unspecified atom stereocenters. The van der Waals surface area contributed by atoms with E-state index in [1.807, 2.05) is 43.3 Å². The lowest BCUT2D eigenvalue weighted by atomic mass is 10.1. The number of hydrogen-bond donors (Lipinski definition) is 2. The zero-order valence-corrected chi connectivity index (χ0v) is 22.5. The highest BCUT2D eigenvalue weighted by Crippen LogP contribution is 2.28. The molecule has 2 aliphatic rings. The molecule has 13 heteroatoms. The molecule has 0 aliphatic carbocycles. The zero-order valence-electron chi connectivity index (χ0n) is 22.5. The Hall–Kier alpha value is -4.26. The summed E-state index contributed by atoms with van der Waals surface area (Å²) in [4.78, 5) is 38.9. The molecule has 2 aliphatic heterocycles. The molecule has 214 valence electrons. The monoisotopic (exact) mass is 565 g/mol. The van der Waals surface area contributed by atoms with Crippen molar-refractivity contribution in [2.45, 2.75) is 32.0 Å². The number of nitrogens with zero attached hydrogens (tertiary/aromatic N) is 7. The number of aromatic amines is 1. The average Bonchev–Trinajstić information content (AvgIpc) is 3.32.